The first-order valence-corrected chi connectivity index (χ1v) is 6.44. The molecule has 3 atom stereocenters. The van der Waals surface area contributed by atoms with E-state index >= 15 is 0 Å². The topological polar surface area (TPSA) is 75.4 Å². The van der Waals surface area contributed by atoms with Crippen LogP contribution < -0.4 is 11.1 Å². The van der Waals surface area contributed by atoms with Crippen molar-refractivity contribution in [2.24, 2.45) is 11.7 Å². The molecule has 2 aliphatic heterocycles. The maximum absolute atomic E-state index is 12.4. The Labute approximate surface area is 102 Å². The molecular formula is C12H21N3O2. The van der Waals surface area contributed by atoms with E-state index in [4.69, 9.17) is 5.73 Å². The molecule has 2 rings (SSSR count). The molecule has 0 spiro atoms. The summed E-state index contributed by atoms with van der Waals surface area (Å²) in [5, 5.41) is 3.32. The maximum Gasteiger partial charge on any atom is 0.240 e. The van der Waals surface area contributed by atoms with Gasteiger partial charge in [0.15, 0.2) is 0 Å². The predicted molar refractivity (Wildman–Crippen MR) is 64.1 cm³/mol. The van der Waals surface area contributed by atoms with Gasteiger partial charge in [0.05, 0.1) is 5.92 Å². The van der Waals surface area contributed by atoms with Gasteiger partial charge < -0.3 is 16.0 Å². The highest BCUT2D eigenvalue weighted by molar-refractivity contribution is 5.88. The lowest BCUT2D eigenvalue weighted by atomic mass is 9.90. The van der Waals surface area contributed by atoms with Gasteiger partial charge in [0.2, 0.25) is 11.8 Å². The average molecular weight is 239 g/mol. The van der Waals surface area contributed by atoms with Crippen molar-refractivity contribution in [3.63, 3.8) is 0 Å². The first-order chi connectivity index (χ1) is 8.11. The van der Waals surface area contributed by atoms with E-state index in [1.807, 2.05) is 6.92 Å². The quantitative estimate of drug-likeness (QED) is 0.703. The molecule has 0 bridgehead atoms. The number of nitrogens with zero attached hydrogens (tertiary/aromatic N) is 1. The Morgan fingerprint density at radius 1 is 1.29 bits per heavy atom. The molecule has 5 nitrogen and oxygen atoms in total. The van der Waals surface area contributed by atoms with E-state index in [1.165, 1.54) is 0 Å². The fourth-order valence-corrected chi connectivity index (χ4v) is 2.92. The molecule has 2 saturated heterocycles. The molecule has 0 radical (unpaired) electrons. The first kappa shape index (κ1) is 12.4. The first-order valence-electron chi connectivity index (χ1n) is 6.44. The van der Waals surface area contributed by atoms with Gasteiger partial charge in [0.25, 0.3) is 0 Å². The molecule has 3 unspecified atom stereocenters. The average Bonchev–Trinajstić information content (AvgIpc) is 2.77. The zero-order chi connectivity index (χ0) is 12.4. The number of carbonyl (C=O) groups is 2. The minimum absolute atomic E-state index is 0.00343. The van der Waals surface area contributed by atoms with Crippen molar-refractivity contribution < 1.29 is 9.59 Å². The van der Waals surface area contributed by atoms with Gasteiger partial charge in [-0.3, -0.25) is 9.59 Å². The third-order valence-electron chi connectivity index (χ3n) is 3.94. The SMILES string of the molecule is CC1NCCCC1C(=O)N1CCCC1C(N)=O. The van der Waals surface area contributed by atoms with Crippen LogP contribution in [0.5, 0.6) is 0 Å². The molecule has 0 aromatic heterocycles. The van der Waals surface area contributed by atoms with Crippen LogP contribution in [0.25, 0.3) is 0 Å². The second-order valence-electron chi connectivity index (χ2n) is 5.08. The van der Waals surface area contributed by atoms with E-state index < -0.39 is 0 Å². The number of nitrogens with one attached hydrogen (secondary N) is 1. The van der Waals surface area contributed by atoms with E-state index in [2.05, 4.69) is 5.32 Å². The van der Waals surface area contributed by atoms with E-state index in [1.54, 1.807) is 4.90 Å². The van der Waals surface area contributed by atoms with Crippen molar-refractivity contribution in [2.75, 3.05) is 13.1 Å². The molecule has 3 N–H and O–H groups in total. The Bertz CT molecular complexity index is 319. The van der Waals surface area contributed by atoms with Crippen LogP contribution in [0.2, 0.25) is 0 Å². The molecular weight excluding hydrogens is 218 g/mol. The lowest BCUT2D eigenvalue weighted by molar-refractivity contribution is -0.142. The van der Waals surface area contributed by atoms with Gasteiger partial charge in [-0.2, -0.15) is 0 Å². The van der Waals surface area contributed by atoms with Gasteiger partial charge in [-0.05, 0) is 39.2 Å². The number of nitrogens with two attached hydrogens (primary N) is 1. The highest BCUT2D eigenvalue weighted by Gasteiger charge is 2.38. The molecule has 2 fully saturated rings. The Kier molecular flexibility index (Phi) is 3.66. The molecule has 0 saturated carbocycles. The number of hydrogen-bond donors (Lipinski definition) is 2. The third kappa shape index (κ3) is 2.44. The van der Waals surface area contributed by atoms with Gasteiger partial charge >= 0.3 is 0 Å². The van der Waals surface area contributed by atoms with Crippen LogP contribution in [0.15, 0.2) is 0 Å². The molecule has 2 aliphatic rings. The summed E-state index contributed by atoms with van der Waals surface area (Å²) in [4.78, 5) is 25.4. The van der Waals surface area contributed by atoms with Crippen LogP contribution in [0.4, 0.5) is 0 Å². The van der Waals surface area contributed by atoms with Crippen molar-refractivity contribution >= 4 is 11.8 Å². The van der Waals surface area contributed by atoms with Gasteiger partial charge in [-0.1, -0.05) is 0 Å². The number of likely N-dealkylation sites (tertiary alicyclic amines) is 1. The Balaban J connectivity index is 2.05. The molecule has 0 aliphatic carbocycles. The summed E-state index contributed by atoms with van der Waals surface area (Å²) in [7, 11) is 0. The van der Waals surface area contributed by atoms with Crippen molar-refractivity contribution in [2.45, 2.75) is 44.7 Å². The van der Waals surface area contributed by atoms with Crippen LogP contribution in [-0.4, -0.2) is 41.9 Å². The number of carbonyl (C=O) groups excluding carboxylic acids is 2. The summed E-state index contributed by atoms with van der Waals surface area (Å²) in [5.74, 6) is -0.262. The van der Waals surface area contributed by atoms with Crippen LogP contribution in [-0.2, 0) is 9.59 Å². The van der Waals surface area contributed by atoms with Crippen molar-refractivity contribution in [3.05, 3.63) is 0 Å². The number of primary amides is 1. The van der Waals surface area contributed by atoms with Gasteiger partial charge in [-0.25, -0.2) is 0 Å². The fraction of sp³-hybridized carbons (Fsp3) is 0.833. The highest BCUT2D eigenvalue weighted by Crippen LogP contribution is 2.24. The summed E-state index contributed by atoms with van der Waals surface area (Å²) in [6, 6.07) is -0.179. The lowest BCUT2D eigenvalue weighted by Gasteiger charge is -2.33. The molecule has 0 aromatic carbocycles. The van der Waals surface area contributed by atoms with E-state index in [0.717, 1.165) is 32.2 Å². The smallest absolute Gasteiger partial charge is 0.240 e. The zero-order valence-electron chi connectivity index (χ0n) is 10.3. The fourth-order valence-electron chi connectivity index (χ4n) is 2.92. The highest BCUT2D eigenvalue weighted by atomic mass is 16.2. The monoisotopic (exact) mass is 239 g/mol. The zero-order valence-corrected chi connectivity index (χ0v) is 10.3. The second kappa shape index (κ2) is 5.04. The summed E-state index contributed by atoms with van der Waals surface area (Å²) in [6.07, 6.45) is 3.54. The summed E-state index contributed by atoms with van der Waals surface area (Å²) in [6.45, 7) is 3.69. The van der Waals surface area contributed by atoms with Crippen molar-refractivity contribution in [1.82, 2.24) is 10.2 Å². The largest absolute Gasteiger partial charge is 0.368 e. The number of amides is 2. The standard InChI is InChI=1S/C12H21N3O2/c1-8-9(4-2-6-14-8)12(17)15-7-3-5-10(15)11(13)16/h8-10,14H,2-7H2,1H3,(H2,13,16). The number of hydrogen-bond acceptors (Lipinski definition) is 3. The molecule has 2 heterocycles. The maximum atomic E-state index is 12.4. The molecule has 2 amide bonds. The van der Waals surface area contributed by atoms with Crippen molar-refractivity contribution in [1.29, 1.82) is 0 Å². The Morgan fingerprint density at radius 2 is 2.06 bits per heavy atom. The van der Waals surface area contributed by atoms with Crippen molar-refractivity contribution in [3.8, 4) is 0 Å². The van der Waals surface area contributed by atoms with E-state index in [-0.39, 0.29) is 29.8 Å². The van der Waals surface area contributed by atoms with Crippen LogP contribution in [0.1, 0.15) is 32.6 Å². The molecule has 17 heavy (non-hydrogen) atoms. The number of piperidine rings is 1. The summed E-state index contributed by atoms with van der Waals surface area (Å²) < 4.78 is 0. The summed E-state index contributed by atoms with van der Waals surface area (Å²) in [5.41, 5.74) is 5.34. The number of rotatable bonds is 2. The summed E-state index contributed by atoms with van der Waals surface area (Å²) >= 11 is 0. The van der Waals surface area contributed by atoms with Crippen LogP contribution in [0.3, 0.4) is 0 Å². The van der Waals surface area contributed by atoms with Gasteiger partial charge in [0, 0.05) is 12.6 Å². The lowest BCUT2D eigenvalue weighted by Crippen LogP contribution is -2.51. The predicted octanol–water partition coefficient (Wildman–Crippen LogP) is -0.149. The third-order valence-corrected chi connectivity index (χ3v) is 3.94. The molecule has 0 aromatic rings. The van der Waals surface area contributed by atoms with Crippen LogP contribution >= 0.6 is 0 Å². The molecule has 96 valence electrons. The normalized spacial score (nSPS) is 33.7. The Hall–Kier alpha value is -1.10. The second-order valence-corrected chi connectivity index (χ2v) is 5.08. The van der Waals surface area contributed by atoms with Gasteiger partial charge in [-0.15, -0.1) is 0 Å². The van der Waals surface area contributed by atoms with Gasteiger partial charge in [0.1, 0.15) is 6.04 Å². The minimum Gasteiger partial charge on any atom is -0.368 e. The molecule has 5 heteroatoms. The Morgan fingerprint density at radius 3 is 2.71 bits per heavy atom. The van der Waals surface area contributed by atoms with E-state index in [9.17, 15) is 9.59 Å². The van der Waals surface area contributed by atoms with Crippen LogP contribution in [0, 0.1) is 5.92 Å². The minimum atomic E-state index is -0.378. The van der Waals surface area contributed by atoms with E-state index in [0.29, 0.717) is 6.54 Å².